The molecule has 15 heteroatoms. The van der Waals surface area contributed by atoms with Gasteiger partial charge in [0.15, 0.2) is 0 Å². The van der Waals surface area contributed by atoms with Gasteiger partial charge in [-0.05, 0) is 19.3 Å². The van der Waals surface area contributed by atoms with Gasteiger partial charge in [0.25, 0.3) is 0 Å². The van der Waals surface area contributed by atoms with Crippen molar-refractivity contribution < 1.29 is 31.1 Å². The quantitative estimate of drug-likeness (QED) is 0.290. The Morgan fingerprint density at radius 1 is 1.11 bits per heavy atom. The highest BCUT2D eigenvalue weighted by atomic mass is 32.2. The monoisotopic (exact) mass is 527 g/mol. The summed E-state index contributed by atoms with van der Waals surface area (Å²) in [5, 5.41) is 9.40. The van der Waals surface area contributed by atoms with Crippen molar-refractivity contribution in [3.05, 3.63) is 0 Å². The van der Waals surface area contributed by atoms with Crippen LogP contribution in [0.3, 0.4) is 0 Å². The number of halogens is 3. The number of hydrogen-bond donors (Lipinski definition) is 5. The van der Waals surface area contributed by atoms with Crippen molar-refractivity contribution in [2.24, 2.45) is 11.8 Å². The largest absolute Gasteiger partial charge is 0.405 e. The second-order valence-corrected chi connectivity index (χ2v) is 12.2. The number of likely N-dealkylation sites (N-methyl/N-ethyl adjacent to an activating group) is 1. The molecule has 0 bridgehead atoms. The Bertz CT molecular complexity index is 860. The Hall–Kier alpha value is -0.620. The summed E-state index contributed by atoms with van der Waals surface area (Å²) < 4.78 is 81.4. The Balaban J connectivity index is 1.23. The van der Waals surface area contributed by atoms with E-state index in [9.17, 15) is 21.6 Å². The van der Waals surface area contributed by atoms with Crippen LogP contribution in [-0.2, 0) is 19.5 Å². The molecular formula is C20H36F3N7O4S. The number of nitrogens with one attached hydrogen (secondary N) is 5. The minimum absolute atomic E-state index is 0.0566. The lowest BCUT2D eigenvalue weighted by Crippen LogP contribution is -2.67. The second-order valence-electron chi connectivity index (χ2n) is 10.3. The number of rotatable bonds is 5. The van der Waals surface area contributed by atoms with Crippen LogP contribution >= 0.6 is 0 Å². The average molecular weight is 528 g/mol. The van der Waals surface area contributed by atoms with Gasteiger partial charge in [-0.25, -0.2) is 28.6 Å². The highest BCUT2D eigenvalue weighted by Gasteiger charge is 2.56. The van der Waals surface area contributed by atoms with Crippen molar-refractivity contribution in [1.82, 2.24) is 36.2 Å². The molecule has 5 rings (SSSR count). The zero-order valence-electron chi connectivity index (χ0n) is 19.9. The number of hydrogen-bond acceptors (Lipinski definition) is 10. The SMILES string of the molecule is COC1NCC2CNN(C)C2C1NS(=O)(=O)C1CCC(N2NC(C(F)(F)F)C3COCCC32)NC1. The topological polar surface area (TPSA) is 119 Å². The maximum Gasteiger partial charge on any atom is 0.405 e. The van der Waals surface area contributed by atoms with Crippen LogP contribution in [0, 0.1) is 11.8 Å². The number of alkyl halides is 3. The molecular weight excluding hydrogens is 491 g/mol. The summed E-state index contributed by atoms with van der Waals surface area (Å²) in [7, 11) is -0.267. The molecule has 0 amide bonds. The molecule has 5 heterocycles. The third-order valence-corrected chi connectivity index (χ3v) is 10.1. The Kier molecular flexibility index (Phi) is 7.37. The standard InChI is InChI=1S/C20H36F3N7O4S/c1-29-17-11(8-26-29)7-25-19(33-2)16(17)28-35(31,32)12-3-4-15(24-9-12)30-14-5-6-34-10-13(14)18(27-30)20(21,22)23/h11-19,24-28H,3-10H2,1-2H3. The number of piperidine rings is 2. The smallest absolute Gasteiger partial charge is 0.381 e. The van der Waals surface area contributed by atoms with Gasteiger partial charge in [0, 0.05) is 64.3 Å². The molecule has 0 spiro atoms. The first-order chi connectivity index (χ1) is 16.6. The van der Waals surface area contributed by atoms with Crippen LogP contribution in [0.5, 0.6) is 0 Å². The van der Waals surface area contributed by atoms with E-state index in [0.29, 0.717) is 25.9 Å². The number of sulfonamides is 1. The van der Waals surface area contributed by atoms with Crippen molar-refractivity contribution in [2.75, 3.05) is 47.0 Å². The Labute approximate surface area is 203 Å². The van der Waals surface area contributed by atoms with Crippen LogP contribution in [0.4, 0.5) is 13.2 Å². The van der Waals surface area contributed by atoms with Gasteiger partial charge in [0.05, 0.1) is 24.1 Å². The first kappa shape index (κ1) is 26.0. The van der Waals surface area contributed by atoms with Gasteiger partial charge in [-0.1, -0.05) is 0 Å². The van der Waals surface area contributed by atoms with Crippen molar-refractivity contribution >= 4 is 10.0 Å². The van der Waals surface area contributed by atoms with E-state index in [1.54, 1.807) is 12.1 Å². The fourth-order valence-corrected chi connectivity index (χ4v) is 8.07. The molecule has 0 saturated carbocycles. The molecule has 5 saturated heterocycles. The number of nitrogens with zero attached hydrogens (tertiary/aromatic N) is 2. The Morgan fingerprint density at radius 2 is 1.91 bits per heavy atom. The first-order valence-electron chi connectivity index (χ1n) is 12.3. The summed E-state index contributed by atoms with van der Waals surface area (Å²) in [5.41, 5.74) is 5.93. The zero-order valence-corrected chi connectivity index (χ0v) is 20.7. The maximum atomic E-state index is 13.6. The number of ether oxygens (including phenoxy) is 2. The molecule has 11 nitrogen and oxygen atoms in total. The first-order valence-corrected chi connectivity index (χ1v) is 13.8. The summed E-state index contributed by atoms with van der Waals surface area (Å²) in [6.45, 7) is 2.11. The minimum Gasteiger partial charge on any atom is -0.381 e. The van der Waals surface area contributed by atoms with E-state index in [2.05, 4.69) is 26.2 Å². The van der Waals surface area contributed by atoms with Crippen molar-refractivity contribution in [2.45, 2.75) is 67.2 Å². The summed E-state index contributed by atoms with van der Waals surface area (Å²) >= 11 is 0. The van der Waals surface area contributed by atoms with Crippen molar-refractivity contribution in [1.29, 1.82) is 0 Å². The molecule has 0 radical (unpaired) electrons. The lowest BCUT2D eigenvalue weighted by atomic mass is 9.90. The highest BCUT2D eigenvalue weighted by Crippen LogP contribution is 2.38. The van der Waals surface area contributed by atoms with Crippen LogP contribution in [0.15, 0.2) is 0 Å². The fourth-order valence-electron chi connectivity index (χ4n) is 6.47. The van der Waals surface area contributed by atoms with Gasteiger partial charge in [-0.3, -0.25) is 16.1 Å². The predicted molar refractivity (Wildman–Crippen MR) is 120 cm³/mol. The van der Waals surface area contributed by atoms with E-state index in [4.69, 9.17) is 9.47 Å². The van der Waals surface area contributed by atoms with E-state index < -0.39 is 45.7 Å². The molecule has 9 unspecified atom stereocenters. The number of fused-ring (bicyclic) bond motifs is 2. The molecule has 202 valence electrons. The van der Waals surface area contributed by atoms with Crippen LogP contribution in [-0.4, -0.2) is 113 Å². The zero-order chi connectivity index (χ0) is 25.0. The van der Waals surface area contributed by atoms with Crippen molar-refractivity contribution in [3.8, 4) is 0 Å². The number of methoxy groups -OCH3 is 1. The van der Waals surface area contributed by atoms with Gasteiger partial charge >= 0.3 is 6.18 Å². The predicted octanol–water partition coefficient (Wildman–Crippen LogP) is -1.48. The fraction of sp³-hybridized carbons (Fsp3) is 1.00. The average Bonchev–Trinajstić information content (AvgIpc) is 3.40. The van der Waals surface area contributed by atoms with E-state index >= 15 is 0 Å². The lowest BCUT2D eigenvalue weighted by Gasteiger charge is -2.43. The molecule has 0 aromatic rings. The molecule has 5 aliphatic heterocycles. The van der Waals surface area contributed by atoms with Gasteiger partial charge in [-0.2, -0.15) is 13.2 Å². The van der Waals surface area contributed by atoms with Gasteiger partial charge in [-0.15, -0.1) is 0 Å². The number of hydrazine groups is 2. The van der Waals surface area contributed by atoms with Crippen LogP contribution in [0.2, 0.25) is 0 Å². The van der Waals surface area contributed by atoms with Crippen LogP contribution in [0.25, 0.3) is 0 Å². The summed E-state index contributed by atoms with van der Waals surface area (Å²) in [5.74, 6) is -0.438. The molecule has 35 heavy (non-hydrogen) atoms. The second kappa shape index (κ2) is 9.93. The molecule has 5 fully saturated rings. The summed E-state index contributed by atoms with van der Waals surface area (Å²) in [6.07, 6.45) is -3.96. The highest BCUT2D eigenvalue weighted by molar-refractivity contribution is 7.90. The third-order valence-electron chi connectivity index (χ3n) is 8.27. The van der Waals surface area contributed by atoms with Gasteiger partial charge in [0.2, 0.25) is 10.0 Å². The van der Waals surface area contributed by atoms with E-state index in [-0.39, 0.29) is 37.3 Å². The van der Waals surface area contributed by atoms with Crippen molar-refractivity contribution in [3.63, 3.8) is 0 Å². The Morgan fingerprint density at radius 3 is 2.60 bits per heavy atom. The van der Waals surface area contributed by atoms with Crippen LogP contribution in [0.1, 0.15) is 19.3 Å². The molecule has 5 N–H and O–H groups in total. The minimum atomic E-state index is -4.38. The van der Waals surface area contributed by atoms with E-state index in [1.165, 1.54) is 0 Å². The molecule has 9 atom stereocenters. The van der Waals surface area contributed by atoms with Crippen LogP contribution < -0.4 is 26.2 Å². The normalized spacial score (nSPS) is 43.7. The molecule has 0 aromatic carbocycles. The van der Waals surface area contributed by atoms with E-state index in [0.717, 1.165) is 13.1 Å². The summed E-state index contributed by atoms with van der Waals surface area (Å²) in [4.78, 5) is 0. The summed E-state index contributed by atoms with van der Waals surface area (Å²) in [6, 6.07) is -2.50. The third kappa shape index (κ3) is 4.96. The van der Waals surface area contributed by atoms with Gasteiger partial charge < -0.3 is 9.47 Å². The lowest BCUT2D eigenvalue weighted by molar-refractivity contribution is -0.170. The maximum absolute atomic E-state index is 13.6. The van der Waals surface area contributed by atoms with Gasteiger partial charge in [0.1, 0.15) is 12.3 Å². The molecule has 0 aliphatic carbocycles. The van der Waals surface area contributed by atoms with E-state index in [1.807, 2.05) is 12.1 Å². The molecule has 0 aromatic heterocycles. The molecule has 5 aliphatic rings.